The highest BCUT2D eigenvalue weighted by Crippen LogP contribution is 2.31. The number of rotatable bonds is 2. The Hall–Kier alpha value is -2.20. The summed E-state index contributed by atoms with van der Waals surface area (Å²) in [5.74, 6) is 1.16. The molecule has 4 nitrogen and oxygen atoms in total. The lowest BCUT2D eigenvalue weighted by molar-refractivity contribution is 0.616. The summed E-state index contributed by atoms with van der Waals surface area (Å²) in [6.45, 7) is 6.05. The summed E-state index contributed by atoms with van der Waals surface area (Å²) in [4.78, 5) is 9.58. The predicted molar refractivity (Wildman–Crippen MR) is 81.9 cm³/mol. The second kappa shape index (κ2) is 4.67. The van der Waals surface area contributed by atoms with Gasteiger partial charge in [0, 0.05) is 24.0 Å². The second-order valence-corrected chi connectivity index (χ2v) is 5.76. The first-order valence-corrected chi connectivity index (χ1v) is 7.31. The largest absolute Gasteiger partial charge is 0.464 e. The fourth-order valence-electron chi connectivity index (χ4n) is 2.94. The number of furan rings is 1. The SMILES string of the molecule is CC(C)c1nc(-c2coc3ccccc23)nc2c1CNC2. The number of nitrogens with one attached hydrogen (secondary N) is 1. The molecule has 4 heteroatoms. The normalized spacial score (nSPS) is 14.0. The van der Waals surface area contributed by atoms with Crippen LogP contribution in [0.3, 0.4) is 0 Å². The van der Waals surface area contributed by atoms with Crippen LogP contribution in [0.15, 0.2) is 34.9 Å². The first-order chi connectivity index (χ1) is 10.2. The molecule has 1 aliphatic rings. The number of aromatic nitrogens is 2. The van der Waals surface area contributed by atoms with Crippen LogP contribution < -0.4 is 5.32 Å². The van der Waals surface area contributed by atoms with Crippen LogP contribution in [-0.2, 0) is 13.1 Å². The van der Waals surface area contributed by atoms with Crippen molar-refractivity contribution in [2.24, 2.45) is 0 Å². The van der Waals surface area contributed by atoms with Crippen molar-refractivity contribution in [3.8, 4) is 11.4 Å². The molecule has 0 saturated carbocycles. The molecular formula is C17H17N3O. The summed E-state index contributed by atoms with van der Waals surface area (Å²) < 4.78 is 5.63. The second-order valence-electron chi connectivity index (χ2n) is 5.76. The number of nitrogens with zero attached hydrogens (tertiary/aromatic N) is 2. The van der Waals surface area contributed by atoms with Crippen LogP contribution in [0.25, 0.3) is 22.4 Å². The maximum atomic E-state index is 5.63. The first kappa shape index (κ1) is 12.5. The average Bonchev–Trinajstić information content (AvgIpc) is 3.12. The third-order valence-electron chi connectivity index (χ3n) is 3.99. The molecule has 0 saturated heterocycles. The van der Waals surface area contributed by atoms with E-state index in [0.29, 0.717) is 5.92 Å². The monoisotopic (exact) mass is 279 g/mol. The molecule has 0 fully saturated rings. The van der Waals surface area contributed by atoms with Gasteiger partial charge in [0.2, 0.25) is 0 Å². The maximum absolute atomic E-state index is 5.63. The van der Waals surface area contributed by atoms with Crippen LogP contribution in [0.1, 0.15) is 36.7 Å². The Kier molecular flexibility index (Phi) is 2.79. The topological polar surface area (TPSA) is 51.0 Å². The molecule has 0 amide bonds. The zero-order chi connectivity index (χ0) is 14.4. The van der Waals surface area contributed by atoms with E-state index in [4.69, 9.17) is 14.4 Å². The van der Waals surface area contributed by atoms with Gasteiger partial charge in [-0.15, -0.1) is 0 Å². The standard InChI is InChI=1S/C17H17N3O/c1-10(2)16-12-7-18-8-14(12)19-17(20-16)13-9-21-15-6-4-3-5-11(13)15/h3-6,9-10,18H,7-8H2,1-2H3. The van der Waals surface area contributed by atoms with E-state index in [-0.39, 0.29) is 0 Å². The molecule has 1 aliphatic heterocycles. The number of hydrogen-bond donors (Lipinski definition) is 1. The molecule has 0 aliphatic carbocycles. The van der Waals surface area contributed by atoms with Crippen molar-refractivity contribution in [1.29, 1.82) is 0 Å². The lowest BCUT2D eigenvalue weighted by atomic mass is 10.0. The van der Waals surface area contributed by atoms with E-state index in [1.165, 1.54) is 5.56 Å². The highest BCUT2D eigenvalue weighted by molar-refractivity contribution is 5.92. The number of hydrogen-bond acceptors (Lipinski definition) is 4. The van der Waals surface area contributed by atoms with Gasteiger partial charge in [0.25, 0.3) is 0 Å². The van der Waals surface area contributed by atoms with Gasteiger partial charge in [-0.3, -0.25) is 0 Å². The lowest BCUT2D eigenvalue weighted by Gasteiger charge is -2.11. The number of para-hydroxylation sites is 1. The Morgan fingerprint density at radius 2 is 2.00 bits per heavy atom. The van der Waals surface area contributed by atoms with Crippen LogP contribution in [0.4, 0.5) is 0 Å². The summed E-state index contributed by atoms with van der Waals surface area (Å²) in [5.41, 5.74) is 5.38. The fraction of sp³-hybridized carbons (Fsp3) is 0.294. The van der Waals surface area contributed by atoms with Crippen molar-refractivity contribution in [3.63, 3.8) is 0 Å². The van der Waals surface area contributed by atoms with Gasteiger partial charge in [0.15, 0.2) is 5.82 Å². The maximum Gasteiger partial charge on any atom is 0.163 e. The number of benzene rings is 1. The predicted octanol–water partition coefficient (Wildman–Crippen LogP) is 3.62. The summed E-state index contributed by atoms with van der Waals surface area (Å²) in [7, 11) is 0. The van der Waals surface area contributed by atoms with Gasteiger partial charge < -0.3 is 9.73 Å². The summed E-state index contributed by atoms with van der Waals surface area (Å²) in [5, 5.41) is 4.43. The van der Waals surface area contributed by atoms with E-state index in [0.717, 1.165) is 46.8 Å². The minimum absolute atomic E-state index is 0.388. The van der Waals surface area contributed by atoms with E-state index < -0.39 is 0 Å². The van der Waals surface area contributed by atoms with Crippen LogP contribution in [0.2, 0.25) is 0 Å². The van der Waals surface area contributed by atoms with Crippen LogP contribution in [-0.4, -0.2) is 9.97 Å². The van der Waals surface area contributed by atoms with Crippen molar-refractivity contribution in [3.05, 3.63) is 47.5 Å². The highest BCUT2D eigenvalue weighted by Gasteiger charge is 2.22. The summed E-state index contributed by atoms with van der Waals surface area (Å²) in [6.07, 6.45) is 1.76. The molecular weight excluding hydrogens is 262 g/mol. The third-order valence-corrected chi connectivity index (χ3v) is 3.99. The molecule has 3 heterocycles. The van der Waals surface area contributed by atoms with Gasteiger partial charge in [0.05, 0.1) is 17.0 Å². The van der Waals surface area contributed by atoms with Crippen LogP contribution in [0.5, 0.6) is 0 Å². The molecule has 2 aromatic heterocycles. The average molecular weight is 279 g/mol. The zero-order valence-corrected chi connectivity index (χ0v) is 12.2. The van der Waals surface area contributed by atoms with Crippen molar-refractivity contribution in [2.45, 2.75) is 32.9 Å². The number of fused-ring (bicyclic) bond motifs is 2. The molecule has 1 N–H and O–H groups in total. The summed E-state index contributed by atoms with van der Waals surface area (Å²) >= 11 is 0. The third kappa shape index (κ3) is 1.94. The van der Waals surface area contributed by atoms with Gasteiger partial charge >= 0.3 is 0 Å². The Morgan fingerprint density at radius 3 is 2.86 bits per heavy atom. The fourth-order valence-corrected chi connectivity index (χ4v) is 2.94. The molecule has 3 aromatic rings. The van der Waals surface area contributed by atoms with E-state index in [2.05, 4.69) is 25.2 Å². The van der Waals surface area contributed by atoms with Crippen molar-refractivity contribution < 1.29 is 4.42 Å². The van der Waals surface area contributed by atoms with Crippen molar-refractivity contribution in [2.75, 3.05) is 0 Å². The smallest absolute Gasteiger partial charge is 0.163 e. The van der Waals surface area contributed by atoms with Crippen molar-refractivity contribution >= 4 is 11.0 Å². The molecule has 4 rings (SSSR count). The Bertz CT molecular complexity index is 820. The Balaban J connectivity index is 1.95. The van der Waals surface area contributed by atoms with E-state index in [9.17, 15) is 0 Å². The van der Waals surface area contributed by atoms with E-state index in [1.807, 2.05) is 18.2 Å². The minimum atomic E-state index is 0.388. The first-order valence-electron chi connectivity index (χ1n) is 7.31. The molecule has 106 valence electrons. The quantitative estimate of drug-likeness (QED) is 0.778. The van der Waals surface area contributed by atoms with E-state index >= 15 is 0 Å². The van der Waals surface area contributed by atoms with Gasteiger partial charge in [-0.25, -0.2) is 9.97 Å². The van der Waals surface area contributed by atoms with Gasteiger partial charge in [-0.05, 0) is 12.0 Å². The minimum Gasteiger partial charge on any atom is -0.464 e. The molecule has 0 unspecified atom stereocenters. The van der Waals surface area contributed by atoms with Crippen LogP contribution >= 0.6 is 0 Å². The zero-order valence-electron chi connectivity index (χ0n) is 12.2. The van der Waals surface area contributed by atoms with Gasteiger partial charge in [0.1, 0.15) is 11.8 Å². The molecule has 0 radical (unpaired) electrons. The molecule has 1 aromatic carbocycles. The molecule has 0 spiro atoms. The van der Waals surface area contributed by atoms with Crippen LogP contribution in [0, 0.1) is 0 Å². The van der Waals surface area contributed by atoms with Crippen molar-refractivity contribution in [1.82, 2.24) is 15.3 Å². The van der Waals surface area contributed by atoms with E-state index in [1.54, 1.807) is 6.26 Å². The Labute approximate surface area is 123 Å². The summed E-state index contributed by atoms with van der Waals surface area (Å²) in [6, 6.07) is 8.01. The molecule has 0 atom stereocenters. The lowest BCUT2D eigenvalue weighted by Crippen LogP contribution is -2.05. The van der Waals surface area contributed by atoms with Gasteiger partial charge in [-0.1, -0.05) is 32.0 Å². The molecule has 0 bridgehead atoms. The highest BCUT2D eigenvalue weighted by atomic mass is 16.3. The van der Waals surface area contributed by atoms with Gasteiger partial charge in [-0.2, -0.15) is 0 Å². The molecule has 21 heavy (non-hydrogen) atoms. The Morgan fingerprint density at radius 1 is 1.14 bits per heavy atom.